The van der Waals surface area contributed by atoms with Gasteiger partial charge in [-0.05, 0) is 19.3 Å². The van der Waals surface area contributed by atoms with Gasteiger partial charge >= 0.3 is 5.97 Å². The van der Waals surface area contributed by atoms with Crippen molar-refractivity contribution < 1.29 is 29.3 Å². The first-order valence-electron chi connectivity index (χ1n) is 7.46. The SMILES string of the molecule is CCCC(=O)N[C@H]1CO[C@H](COC(=O)C2CC2)[C@@H](O)[C@@H]1O. The highest BCUT2D eigenvalue weighted by atomic mass is 16.6. The molecule has 0 unspecified atom stereocenters. The van der Waals surface area contributed by atoms with Gasteiger partial charge in [0.15, 0.2) is 0 Å². The van der Waals surface area contributed by atoms with Crippen LogP contribution in [-0.4, -0.2) is 59.7 Å². The predicted octanol–water partition coefficient (Wildman–Crippen LogP) is -0.655. The van der Waals surface area contributed by atoms with E-state index in [1.54, 1.807) is 0 Å². The maximum absolute atomic E-state index is 11.5. The fourth-order valence-electron chi connectivity index (χ4n) is 2.26. The van der Waals surface area contributed by atoms with Gasteiger partial charge in [0.25, 0.3) is 0 Å². The summed E-state index contributed by atoms with van der Waals surface area (Å²) in [7, 11) is 0. The fourth-order valence-corrected chi connectivity index (χ4v) is 2.26. The van der Waals surface area contributed by atoms with Gasteiger partial charge in [0.05, 0.1) is 18.6 Å². The number of carbonyl (C=O) groups excluding carboxylic acids is 2. The maximum atomic E-state index is 11.5. The van der Waals surface area contributed by atoms with Crippen molar-refractivity contribution in [2.75, 3.05) is 13.2 Å². The number of aliphatic hydroxyl groups excluding tert-OH is 2. The van der Waals surface area contributed by atoms with E-state index < -0.39 is 24.4 Å². The van der Waals surface area contributed by atoms with Crippen LogP contribution in [0.2, 0.25) is 0 Å². The van der Waals surface area contributed by atoms with Crippen LogP contribution in [0.3, 0.4) is 0 Å². The predicted molar refractivity (Wildman–Crippen MR) is 72.3 cm³/mol. The highest BCUT2D eigenvalue weighted by Crippen LogP contribution is 2.30. The molecule has 2 rings (SSSR count). The van der Waals surface area contributed by atoms with Crippen LogP contribution >= 0.6 is 0 Å². The molecule has 1 aliphatic carbocycles. The summed E-state index contributed by atoms with van der Waals surface area (Å²) < 4.78 is 10.5. The first-order valence-corrected chi connectivity index (χ1v) is 7.46. The number of rotatable bonds is 6. The second kappa shape index (κ2) is 7.20. The minimum Gasteiger partial charge on any atom is -0.463 e. The summed E-state index contributed by atoms with van der Waals surface area (Å²) in [5.74, 6) is -0.480. The molecule has 1 saturated heterocycles. The third-order valence-electron chi connectivity index (χ3n) is 3.76. The summed E-state index contributed by atoms with van der Waals surface area (Å²) in [6.45, 7) is 1.88. The van der Waals surface area contributed by atoms with Crippen LogP contribution < -0.4 is 5.32 Å². The Morgan fingerprint density at radius 3 is 2.62 bits per heavy atom. The summed E-state index contributed by atoms with van der Waals surface area (Å²) >= 11 is 0. The van der Waals surface area contributed by atoms with Crippen LogP contribution in [0.5, 0.6) is 0 Å². The van der Waals surface area contributed by atoms with Gasteiger partial charge in [0, 0.05) is 6.42 Å². The minimum absolute atomic E-state index is 0.0169. The van der Waals surface area contributed by atoms with Crippen molar-refractivity contribution >= 4 is 11.9 Å². The zero-order chi connectivity index (χ0) is 15.4. The van der Waals surface area contributed by atoms with Gasteiger partial charge in [-0.2, -0.15) is 0 Å². The molecule has 7 nitrogen and oxygen atoms in total. The fraction of sp³-hybridized carbons (Fsp3) is 0.857. The normalized spacial score (nSPS) is 32.5. The van der Waals surface area contributed by atoms with Crippen molar-refractivity contribution in [2.24, 2.45) is 5.92 Å². The Hall–Kier alpha value is -1.18. The molecular weight excluding hydrogens is 278 g/mol. The van der Waals surface area contributed by atoms with Crippen LogP contribution in [-0.2, 0) is 19.1 Å². The number of carbonyl (C=O) groups is 2. The lowest BCUT2D eigenvalue weighted by atomic mass is 9.98. The number of ether oxygens (including phenoxy) is 2. The van der Waals surface area contributed by atoms with Gasteiger partial charge in [-0.1, -0.05) is 6.92 Å². The first-order chi connectivity index (χ1) is 10.0. The monoisotopic (exact) mass is 301 g/mol. The smallest absolute Gasteiger partial charge is 0.309 e. The van der Waals surface area contributed by atoms with E-state index in [1.807, 2.05) is 6.92 Å². The zero-order valence-electron chi connectivity index (χ0n) is 12.2. The summed E-state index contributed by atoms with van der Waals surface area (Å²) in [4.78, 5) is 23.0. The Morgan fingerprint density at radius 1 is 1.29 bits per heavy atom. The molecule has 2 fully saturated rings. The van der Waals surface area contributed by atoms with Crippen LogP contribution in [0.25, 0.3) is 0 Å². The molecule has 1 amide bonds. The highest BCUT2D eigenvalue weighted by molar-refractivity contribution is 5.76. The minimum atomic E-state index is -1.20. The van der Waals surface area contributed by atoms with Gasteiger partial charge in [0.2, 0.25) is 5.91 Å². The molecule has 0 aromatic rings. The maximum Gasteiger partial charge on any atom is 0.309 e. The molecule has 4 atom stereocenters. The van der Waals surface area contributed by atoms with E-state index in [0.717, 1.165) is 12.8 Å². The van der Waals surface area contributed by atoms with Crippen molar-refractivity contribution in [3.63, 3.8) is 0 Å². The molecule has 120 valence electrons. The summed E-state index contributed by atoms with van der Waals surface area (Å²) in [5.41, 5.74) is 0. The number of esters is 1. The molecule has 1 saturated carbocycles. The van der Waals surface area contributed by atoms with Crippen molar-refractivity contribution in [3.8, 4) is 0 Å². The molecule has 0 aromatic carbocycles. The Bertz CT molecular complexity index is 384. The number of aliphatic hydroxyl groups is 2. The summed E-state index contributed by atoms with van der Waals surface area (Å²) in [6, 6.07) is -0.644. The second-order valence-corrected chi connectivity index (χ2v) is 5.68. The van der Waals surface area contributed by atoms with Gasteiger partial charge in [-0.15, -0.1) is 0 Å². The van der Waals surface area contributed by atoms with E-state index in [2.05, 4.69) is 5.32 Å². The van der Waals surface area contributed by atoms with Crippen molar-refractivity contribution in [1.82, 2.24) is 5.32 Å². The number of nitrogens with one attached hydrogen (secondary N) is 1. The molecule has 0 bridgehead atoms. The lowest BCUT2D eigenvalue weighted by Crippen LogP contribution is -2.60. The molecule has 3 N–H and O–H groups in total. The van der Waals surface area contributed by atoms with Gasteiger partial charge in [0.1, 0.15) is 24.9 Å². The Balaban J connectivity index is 1.78. The Kier molecular flexibility index (Phi) is 5.55. The zero-order valence-corrected chi connectivity index (χ0v) is 12.2. The van der Waals surface area contributed by atoms with E-state index in [0.29, 0.717) is 12.8 Å². The van der Waals surface area contributed by atoms with Crippen LogP contribution in [0.1, 0.15) is 32.6 Å². The van der Waals surface area contributed by atoms with Crippen molar-refractivity contribution in [2.45, 2.75) is 57.0 Å². The van der Waals surface area contributed by atoms with Crippen LogP contribution in [0, 0.1) is 5.92 Å². The summed E-state index contributed by atoms with van der Waals surface area (Å²) in [6.07, 6.45) is -0.328. The van der Waals surface area contributed by atoms with E-state index >= 15 is 0 Å². The molecule has 0 radical (unpaired) electrons. The number of hydrogen-bond acceptors (Lipinski definition) is 6. The quantitative estimate of drug-likeness (QED) is 0.563. The van der Waals surface area contributed by atoms with Crippen LogP contribution in [0.15, 0.2) is 0 Å². The third kappa shape index (κ3) is 4.39. The molecule has 7 heteroatoms. The Morgan fingerprint density at radius 2 is 2.00 bits per heavy atom. The third-order valence-corrected chi connectivity index (χ3v) is 3.76. The van der Waals surface area contributed by atoms with E-state index in [4.69, 9.17) is 9.47 Å². The Labute approximate surface area is 123 Å². The number of amides is 1. The summed E-state index contributed by atoms with van der Waals surface area (Å²) in [5, 5.41) is 22.7. The first kappa shape index (κ1) is 16.2. The van der Waals surface area contributed by atoms with E-state index in [-0.39, 0.29) is 31.0 Å². The van der Waals surface area contributed by atoms with Gasteiger partial charge < -0.3 is 25.0 Å². The van der Waals surface area contributed by atoms with Crippen LogP contribution in [0.4, 0.5) is 0 Å². The number of hydrogen-bond donors (Lipinski definition) is 3. The molecule has 1 heterocycles. The lowest BCUT2D eigenvalue weighted by molar-refractivity contribution is -0.178. The van der Waals surface area contributed by atoms with Crippen molar-refractivity contribution in [3.05, 3.63) is 0 Å². The lowest BCUT2D eigenvalue weighted by Gasteiger charge is -2.37. The highest BCUT2D eigenvalue weighted by Gasteiger charge is 2.40. The second-order valence-electron chi connectivity index (χ2n) is 5.68. The molecule has 0 spiro atoms. The average Bonchev–Trinajstić information content (AvgIpc) is 3.27. The molecular formula is C14H23NO6. The van der Waals surface area contributed by atoms with E-state index in [9.17, 15) is 19.8 Å². The van der Waals surface area contributed by atoms with Gasteiger partial charge in [-0.3, -0.25) is 9.59 Å². The van der Waals surface area contributed by atoms with Gasteiger partial charge in [-0.25, -0.2) is 0 Å². The topological polar surface area (TPSA) is 105 Å². The largest absolute Gasteiger partial charge is 0.463 e. The van der Waals surface area contributed by atoms with E-state index in [1.165, 1.54) is 0 Å². The van der Waals surface area contributed by atoms with Crippen molar-refractivity contribution in [1.29, 1.82) is 0 Å². The standard InChI is InChI=1S/C14H23NO6/c1-2-3-11(16)15-9-6-20-10(13(18)12(9)17)7-21-14(19)8-4-5-8/h8-10,12-13,17-18H,2-7H2,1H3,(H,15,16)/t9-,10+,12+,13+/m0/s1. The molecule has 2 aliphatic rings. The average molecular weight is 301 g/mol. The molecule has 1 aliphatic heterocycles. The molecule has 21 heavy (non-hydrogen) atoms. The molecule has 0 aromatic heterocycles.